The van der Waals surface area contributed by atoms with Crippen LogP contribution in [0.4, 0.5) is 10.1 Å². The van der Waals surface area contributed by atoms with Gasteiger partial charge >= 0.3 is 0 Å². The Kier molecular flexibility index (Phi) is 3.05. The summed E-state index contributed by atoms with van der Waals surface area (Å²) in [6.07, 6.45) is 3.31. The summed E-state index contributed by atoms with van der Waals surface area (Å²) in [4.78, 5) is 12.3. The van der Waals surface area contributed by atoms with Gasteiger partial charge in [-0.3, -0.25) is 4.79 Å². The molecule has 2 aliphatic carbocycles. The molecule has 3 N–H and O–H groups in total. The van der Waals surface area contributed by atoms with E-state index in [2.05, 4.69) is 5.32 Å². The molecule has 1 aromatic carbocycles. The van der Waals surface area contributed by atoms with Gasteiger partial charge in [-0.05, 0) is 55.7 Å². The molecule has 1 aromatic rings. The number of amides is 1. The molecule has 2 aliphatic rings. The molecule has 0 aliphatic heterocycles. The smallest absolute Gasteiger partial charge is 0.229 e. The minimum atomic E-state index is -0.296. The minimum Gasteiger partial charge on any atom is -0.327 e. The number of fused-ring (bicyclic) bond motifs is 2. The average molecular weight is 262 g/mol. The van der Waals surface area contributed by atoms with Crippen LogP contribution in [0.3, 0.4) is 0 Å². The van der Waals surface area contributed by atoms with Crippen LogP contribution in [0.5, 0.6) is 0 Å². The van der Waals surface area contributed by atoms with Gasteiger partial charge in [-0.15, -0.1) is 0 Å². The number of nitrogens with two attached hydrogens (primary N) is 1. The quantitative estimate of drug-likeness (QED) is 0.860. The van der Waals surface area contributed by atoms with E-state index in [4.69, 9.17) is 5.73 Å². The third-order valence-corrected chi connectivity index (χ3v) is 4.72. The number of aryl methyl sites for hydroxylation is 1. The Morgan fingerprint density at radius 1 is 1.37 bits per heavy atom. The number of carbonyl (C=O) groups is 1. The summed E-state index contributed by atoms with van der Waals surface area (Å²) in [6, 6.07) is 4.74. The van der Waals surface area contributed by atoms with Crippen LogP contribution in [0.2, 0.25) is 0 Å². The molecule has 4 heteroatoms. The number of nitrogens with one attached hydrogen (secondary N) is 1. The maximum atomic E-state index is 13.5. The van der Waals surface area contributed by atoms with Crippen LogP contribution in [-0.2, 0) is 4.79 Å². The highest BCUT2D eigenvalue weighted by molar-refractivity contribution is 5.93. The van der Waals surface area contributed by atoms with Gasteiger partial charge in [0.05, 0.1) is 5.92 Å². The van der Waals surface area contributed by atoms with Gasteiger partial charge in [0.2, 0.25) is 5.91 Å². The van der Waals surface area contributed by atoms with E-state index in [1.165, 1.54) is 6.07 Å². The van der Waals surface area contributed by atoms with Gasteiger partial charge in [0.1, 0.15) is 5.82 Å². The van der Waals surface area contributed by atoms with Gasteiger partial charge in [-0.2, -0.15) is 0 Å². The number of anilines is 1. The van der Waals surface area contributed by atoms with Crippen molar-refractivity contribution in [1.29, 1.82) is 0 Å². The molecule has 2 fully saturated rings. The first-order valence-corrected chi connectivity index (χ1v) is 6.89. The van der Waals surface area contributed by atoms with Gasteiger partial charge in [0.25, 0.3) is 0 Å². The number of benzene rings is 1. The molecular weight excluding hydrogens is 243 g/mol. The van der Waals surface area contributed by atoms with Gasteiger partial charge in [0.15, 0.2) is 0 Å². The van der Waals surface area contributed by atoms with Gasteiger partial charge in [0, 0.05) is 11.7 Å². The predicted molar refractivity (Wildman–Crippen MR) is 72.1 cm³/mol. The number of carbonyl (C=O) groups excluding carboxylic acids is 1. The van der Waals surface area contributed by atoms with Crippen molar-refractivity contribution in [2.45, 2.75) is 32.2 Å². The van der Waals surface area contributed by atoms with E-state index in [0.717, 1.165) is 19.3 Å². The van der Waals surface area contributed by atoms with Crippen LogP contribution < -0.4 is 11.1 Å². The second kappa shape index (κ2) is 4.60. The molecule has 3 rings (SSSR count). The standard InChI is InChI=1S/C15H19FN2O/c1-8-2-5-11(7-12(8)16)18-15(19)13-9-3-4-10(6-9)14(13)17/h2,5,7,9-10,13-14H,3-4,6,17H2,1H3,(H,18,19). The predicted octanol–water partition coefficient (Wildman–Crippen LogP) is 2.45. The summed E-state index contributed by atoms with van der Waals surface area (Å²) in [5.41, 5.74) is 7.23. The zero-order valence-corrected chi connectivity index (χ0v) is 11.0. The van der Waals surface area contributed by atoms with E-state index < -0.39 is 0 Å². The molecule has 2 saturated carbocycles. The molecule has 0 aromatic heterocycles. The maximum Gasteiger partial charge on any atom is 0.229 e. The Morgan fingerprint density at radius 2 is 2.11 bits per heavy atom. The molecule has 0 radical (unpaired) electrons. The molecule has 4 unspecified atom stereocenters. The van der Waals surface area contributed by atoms with Crippen LogP contribution in [0.25, 0.3) is 0 Å². The molecule has 0 heterocycles. The van der Waals surface area contributed by atoms with Crippen molar-refractivity contribution < 1.29 is 9.18 Å². The van der Waals surface area contributed by atoms with E-state index in [0.29, 0.717) is 23.1 Å². The number of hydrogen-bond donors (Lipinski definition) is 2. The third-order valence-electron chi connectivity index (χ3n) is 4.72. The Bertz CT molecular complexity index is 515. The lowest BCUT2D eigenvalue weighted by atomic mass is 9.84. The normalized spacial score (nSPS) is 32.6. The second-order valence-corrected chi connectivity index (χ2v) is 5.89. The van der Waals surface area contributed by atoms with Crippen molar-refractivity contribution in [3.8, 4) is 0 Å². The van der Waals surface area contributed by atoms with Crippen LogP contribution in [-0.4, -0.2) is 11.9 Å². The minimum absolute atomic E-state index is 0.0333. The molecule has 19 heavy (non-hydrogen) atoms. The average Bonchev–Trinajstić information content (AvgIpc) is 2.94. The van der Waals surface area contributed by atoms with Crippen molar-refractivity contribution in [1.82, 2.24) is 0 Å². The lowest BCUT2D eigenvalue weighted by Gasteiger charge is -2.27. The van der Waals surface area contributed by atoms with E-state index in [-0.39, 0.29) is 23.7 Å². The van der Waals surface area contributed by atoms with Crippen molar-refractivity contribution in [2.75, 3.05) is 5.32 Å². The fourth-order valence-electron chi connectivity index (χ4n) is 3.62. The summed E-state index contributed by atoms with van der Waals surface area (Å²) in [7, 11) is 0. The first kappa shape index (κ1) is 12.6. The zero-order valence-electron chi connectivity index (χ0n) is 11.0. The molecule has 0 spiro atoms. The molecule has 1 amide bonds. The number of rotatable bonds is 2. The van der Waals surface area contributed by atoms with Gasteiger partial charge in [-0.25, -0.2) is 4.39 Å². The first-order valence-electron chi connectivity index (χ1n) is 6.89. The van der Waals surface area contributed by atoms with Crippen molar-refractivity contribution >= 4 is 11.6 Å². The highest BCUT2D eigenvalue weighted by Crippen LogP contribution is 2.47. The highest BCUT2D eigenvalue weighted by Gasteiger charge is 2.49. The summed E-state index contributed by atoms with van der Waals surface area (Å²) in [6.45, 7) is 1.70. The summed E-state index contributed by atoms with van der Waals surface area (Å²) in [5.74, 6) is 0.451. The van der Waals surface area contributed by atoms with E-state index in [1.54, 1.807) is 19.1 Å². The Labute approximate surface area is 112 Å². The lowest BCUT2D eigenvalue weighted by molar-refractivity contribution is -0.121. The molecule has 3 nitrogen and oxygen atoms in total. The topological polar surface area (TPSA) is 55.1 Å². The van der Waals surface area contributed by atoms with Gasteiger partial charge < -0.3 is 11.1 Å². The molecular formula is C15H19FN2O. The van der Waals surface area contributed by atoms with Crippen LogP contribution >= 0.6 is 0 Å². The fraction of sp³-hybridized carbons (Fsp3) is 0.533. The highest BCUT2D eigenvalue weighted by atomic mass is 19.1. The molecule has 2 bridgehead atoms. The summed E-state index contributed by atoms with van der Waals surface area (Å²) < 4.78 is 13.5. The van der Waals surface area contributed by atoms with Gasteiger partial charge in [-0.1, -0.05) is 6.07 Å². The van der Waals surface area contributed by atoms with Crippen molar-refractivity contribution in [3.63, 3.8) is 0 Å². The van der Waals surface area contributed by atoms with Crippen molar-refractivity contribution in [3.05, 3.63) is 29.6 Å². The van der Waals surface area contributed by atoms with E-state index >= 15 is 0 Å². The SMILES string of the molecule is Cc1ccc(NC(=O)C2C3CCC(C3)C2N)cc1F. The summed E-state index contributed by atoms with van der Waals surface area (Å²) in [5, 5.41) is 2.81. The fourth-order valence-corrected chi connectivity index (χ4v) is 3.62. The number of halogens is 1. The Morgan fingerprint density at radius 3 is 2.74 bits per heavy atom. The number of hydrogen-bond acceptors (Lipinski definition) is 2. The Hall–Kier alpha value is -1.42. The monoisotopic (exact) mass is 262 g/mol. The van der Waals surface area contributed by atoms with Crippen LogP contribution in [0.1, 0.15) is 24.8 Å². The van der Waals surface area contributed by atoms with E-state index in [9.17, 15) is 9.18 Å². The van der Waals surface area contributed by atoms with Crippen LogP contribution in [0.15, 0.2) is 18.2 Å². The molecule has 4 atom stereocenters. The molecule has 102 valence electrons. The first-order chi connectivity index (χ1) is 9.06. The molecule has 0 saturated heterocycles. The lowest BCUT2D eigenvalue weighted by Crippen LogP contribution is -2.42. The summed E-state index contributed by atoms with van der Waals surface area (Å²) >= 11 is 0. The Balaban J connectivity index is 1.73. The second-order valence-electron chi connectivity index (χ2n) is 5.89. The van der Waals surface area contributed by atoms with Crippen molar-refractivity contribution in [2.24, 2.45) is 23.5 Å². The third kappa shape index (κ3) is 2.14. The largest absolute Gasteiger partial charge is 0.327 e. The zero-order chi connectivity index (χ0) is 13.6. The maximum absolute atomic E-state index is 13.5. The van der Waals surface area contributed by atoms with E-state index in [1.807, 2.05) is 0 Å². The van der Waals surface area contributed by atoms with Crippen LogP contribution in [0, 0.1) is 30.5 Å².